The van der Waals surface area contributed by atoms with Crippen LogP contribution in [-0.4, -0.2) is 27.1 Å². The van der Waals surface area contributed by atoms with Gasteiger partial charge in [-0.1, -0.05) is 64.3 Å². The van der Waals surface area contributed by atoms with E-state index >= 15 is 0 Å². The lowest BCUT2D eigenvalue weighted by atomic mass is 9.99. The van der Waals surface area contributed by atoms with Crippen LogP contribution in [0, 0.1) is 0 Å². The van der Waals surface area contributed by atoms with E-state index in [1.807, 2.05) is 41.0 Å². The van der Waals surface area contributed by atoms with Gasteiger partial charge in [0.1, 0.15) is 16.9 Å². The fraction of sp³-hybridized carbons (Fsp3) is 0.370. The molecule has 1 atom stereocenters. The number of hydrogen-bond donors (Lipinski definition) is 1. The van der Waals surface area contributed by atoms with Gasteiger partial charge in [0.15, 0.2) is 5.65 Å². The van der Waals surface area contributed by atoms with E-state index in [2.05, 4.69) is 32.9 Å². The van der Waals surface area contributed by atoms with E-state index in [9.17, 15) is 4.79 Å². The lowest BCUT2D eigenvalue weighted by Gasteiger charge is -2.12. The van der Waals surface area contributed by atoms with Crippen molar-refractivity contribution in [2.75, 3.05) is 12.3 Å². The quantitative estimate of drug-likeness (QED) is 0.238. The summed E-state index contributed by atoms with van der Waals surface area (Å²) in [7, 11) is 0. The molecular formula is C27H32N4O2. The van der Waals surface area contributed by atoms with E-state index in [4.69, 9.17) is 20.4 Å². The topological polar surface area (TPSA) is 83.0 Å². The van der Waals surface area contributed by atoms with Crippen LogP contribution in [0.2, 0.25) is 0 Å². The predicted octanol–water partition coefficient (Wildman–Crippen LogP) is 6.41. The third kappa shape index (κ3) is 4.56. The Hall–Kier alpha value is -3.41. The lowest BCUT2D eigenvalue weighted by Crippen LogP contribution is -2.10. The monoisotopic (exact) mass is 444 g/mol. The zero-order chi connectivity index (χ0) is 23.4. The zero-order valence-electron chi connectivity index (χ0n) is 19.7. The summed E-state index contributed by atoms with van der Waals surface area (Å²) in [6, 6.07) is 15.9. The van der Waals surface area contributed by atoms with Gasteiger partial charge in [-0.25, -0.2) is 14.8 Å². The highest BCUT2D eigenvalue weighted by Crippen LogP contribution is 2.32. The molecule has 2 N–H and O–H groups in total. The Labute approximate surface area is 194 Å². The van der Waals surface area contributed by atoms with Crippen LogP contribution in [0.3, 0.4) is 0 Å². The number of nitrogens with zero attached hydrogens (tertiary/aromatic N) is 3. The van der Waals surface area contributed by atoms with Gasteiger partial charge < -0.3 is 10.5 Å². The van der Waals surface area contributed by atoms with Crippen molar-refractivity contribution >= 4 is 34.0 Å². The number of benzene rings is 2. The molecule has 0 saturated heterocycles. The zero-order valence-corrected chi connectivity index (χ0v) is 19.7. The number of aromatic nitrogens is 3. The number of para-hydroxylation sites is 2. The first-order valence-electron chi connectivity index (χ1n) is 11.9. The lowest BCUT2D eigenvalue weighted by molar-refractivity contribution is 0.0501. The Kier molecular flexibility index (Phi) is 6.92. The molecule has 0 aliphatic carbocycles. The van der Waals surface area contributed by atoms with Crippen LogP contribution in [0.4, 0.5) is 5.82 Å². The minimum Gasteiger partial charge on any atom is -0.462 e. The molecule has 6 nitrogen and oxygen atoms in total. The number of fused-ring (bicyclic) bond motifs is 2. The summed E-state index contributed by atoms with van der Waals surface area (Å²) < 4.78 is 7.40. The second-order valence-electron chi connectivity index (χ2n) is 8.58. The minimum atomic E-state index is -0.450. The maximum atomic E-state index is 13.1. The van der Waals surface area contributed by atoms with Crippen molar-refractivity contribution in [3.63, 3.8) is 0 Å². The normalized spacial score (nSPS) is 12.3. The number of carbonyl (C=O) groups is 1. The molecule has 0 saturated carbocycles. The molecule has 0 radical (unpaired) electrons. The molecule has 0 spiro atoms. The van der Waals surface area contributed by atoms with Crippen molar-refractivity contribution in [1.29, 1.82) is 0 Å². The van der Waals surface area contributed by atoms with Crippen LogP contribution < -0.4 is 5.73 Å². The first-order chi connectivity index (χ1) is 16.0. The highest BCUT2D eigenvalue weighted by molar-refractivity contribution is 6.09. The molecule has 0 amide bonds. The second kappa shape index (κ2) is 10.0. The fourth-order valence-corrected chi connectivity index (χ4v) is 4.08. The number of ether oxygens (including phenoxy) is 1. The van der Waals surface area contributed by atoms with E-state index < -0.39 is 5.97 Å². The molecule has 4 aromatic rings. The van der Waals surface area contributed by atoms with Crippen LogP contribution in [0.5, 0.6) is 0 Å². The summed E-state index contributed by atoms with van der Waals surface area (Å²) in [5, 5.41) is 0. The second-order valence-corrected chi connectivity index (χ2v) is 8.58. The van der Waals surface area contributed by atoms with Crippen molar-refractivity contribution in [2.45, 2.75) is 58.8 Å². The molecule has 1 unspecified atom stereocenters. The van der Waals surface area contributed by atoms with Gasteiger partial charge in [-0.05, 0) is 48.6 Å². The van der Waals surface area contributed by atoms with Gasteiger partial charge in [-0.3, -0.25) is 4.57 Å². The number of rotatable bonds is 9. The summed E-state index contributed by atoms with van der Waals surface area (Å²) in [6.45, 7) is 6.91. The SMILES string of the molecule is CCCCCCOC(=O)c1c(N)n(-c2ccc(C(C)CC)cc2)c2nc3ccccc3nc12. The summed E-state index contributed by atoms with van der Waals surface area (Å²) >= 11 is 0. The van der Waals surface area contributed by atoms with Gasteiger partial charge in [0.2, 0.25) is 0 Å². The van der Waals surface area contributed by atoms with Gasteiger partial charge in [0.25, 0.3) is 0 Å². The van der Waals surface area contributed by atoms with Crippen LogP contribution in [0.25, 0.3) is 27.9 Å². The average Bonchev–Trinajstić information content (AvgIpc) is 3.12. The molecule has 2 aromatic carbocycles. The molecule has 4 rings (SSSR count). The Morgan fingerprint density at radius 2 is 1.70 bits per heavy atom. The molecule has 33 heavy (non-hydrogen) atoms. The summed E-state index contributed by atoms with van der Waals surface area (Å²) in [5.41, 5.74) is 11.4. The van der Waals surface area contributed by atoms with E-state index in [0.717, 1.165) is 43.3 Å². The molecule has 172 valence electrons. The molecule has 2 heterocycles. The third-order valence-corrected chi connectivity index (χ3v) is 6.27. The van der Waals surface area contributed by atoms with Crippen molar-refractivity contribution in [3.05, 3.63) is 59.7 Å². The Balaban J connectivity index is 1.80. The smallest absolute Gasteiger partial charge is 0.344 e. The highest BCUT2D eigenvalue weighted by Gasteiger charge is 2.26. The van der Waals surface area contributed by atoms with Crippen LogP contribution in [0.1, 0.15) is 74.7 Å². The third-order valence-electron chi connectivity index (χ3n) is 6.27. The maximum Gasteiger partial charge on any atom is 0.344 e. The molecule has 0 aliphatic heterocycles. The number of nitrogen functional groups attached to an aromatic ring is 1. The van der Waals surface area contributed by atoms with Gasteiger partial charge in [0.05, 0.1) is 17.6 Å². The molecule has 6 heteroatoms. The minimum absolute atomic E-state index is 0.282. The standard InChI is InChI=1S/C27H32N4O2/c1-4-6-7-10-17-33-27(32)23-24-26(30-22-12-9-8-11-21(22)29-24)31(25(23)28)20-15-13-19(14-16-20)18(3)5-2/h8-9,11-16,18H,4-7,10,17,28H2,1-3H3. The fourth-order valence-electron chi connectivity index (χ4n) is 4.08. The van der Waals surface area contributed by atoms with Crippen molar-refractivity contribution in [2.24, 2.45) is 0 Å². The Morgan fingerprint density at radius 1 is 1.00 bits per heavy atom. The highest BCUT2D eigenvalue weighted by atomic mass is 16.5. The van der Waals surface area contributed by atoms with Crippen LogP contribution in [0.15, 0.2) is 48.5 Å². The largest absolute Gasteiger partial charge is 0.462 e. The molecular weight excluding hydrogens is 412 g/mol. The van der Waals surface area contributed by atoms with Crippen molar-refractivity contribution in [1.82, 2.24) is 14.5 Å². The van der Waals surface area contributed by atoms with Crippen molar-refractivity contribution in [3.8, 4) is 5.69 Å². The van der Waals surface area contributed by atoms with E-state index in [0.29, 0.717) is 35.0 Å². The molecule has 0 bridgehead atoms. The Morgan fingerprint density at radius 3 is 2.36 bits per heavy atom. The van der Waals surface area contributed by atoms with Crippen LogP contribution >= 0.6 is 0 Å². The molecule has 0 aliphatic rings. The number of anilines is 1. The van der Waals surface area contributed by atoms with Gasteiger partial charge in [0, 0.05) is 5.69 Å². The maximum absolute atomic E-state index is 13.1. The summed E-state index contributed by atoms with van der Waals surface area (Å²) in [4.78, 5) is 22.7. The van der Waals surface area contributed by atoms with Crippen molar-refractivity contribution < 1.29 is 9.53 Å². The molecule has 2 aromatic heterocycles. The summed E-state index contributed by atoms with van der Waals surface area (Å²) in [5.74, 6) is 0.323. The first-order valence-corrected chi connectivity index (χ1v) is 11.9. The number of unbranched alkanes of at least 4 members (excludes halogenated alkanes) is 3. The Bertz CT molecular complexity index is 1260. The number of esters is 1. The number of hydrogen-bond acceptors (Lipinski definition) is 5. The predicted molar refractivity (Wildman–Crippen MR) is 134 cm³/mol. The van der Waals surface area contributed by atoms with E-state index in [1.54, 1.807) is 0 Å². The van der Waals surface area contributed by atoms with Gasteiger partial charge in [-0.15, -0.1) is 0 Å². The number of nitrogens with two attached hydrogens (primary N) is 1. The van der Waals surface area contributed by atoms with Gasteiger partial charge >= 0.3 is 5.97 Å². The summed E-state index contributed by atoms with van der Waals surface area (Å²) in [6.07, 6.45) is 5.20. The number of carbonyl (C=O) groups excluding carboxylic acids is 1. The van der Waals surface area contributed by atoms with Crippen LogP contribution in [-0.2, 0) is 4.74 Å². The van der Waals surface area contributed by atoms with E-state index in [-0.39, 0.29) is 5.56 Å². The molecule has 0 fully saturated rings. The first kappa shape index (κ1) is 22.8. The average molecular weight is 445 g/mol. The van der Waals surface area contributed by atoms with Gasteiger partial charge in [-0.2, -0.15) is 0 Å². The van der Waals surface area contributed by atoms with E-state index in [1.165, 1.54) is 5.56 Å².